The molecule has 0 saturated heterocycles. The van der Waals surface area contributed by atoms with Crippen LogP contribution in [0.1, 0.15) is 6.92 Å². The molecule has 0 atom stereocenters. The number of ketones is 1. The van der Waals surface area contributed by atoms with E-state index >= 15 is 0 Å². The fourth-order valence-corrected chi connectivity index (χ4v) is 0.574. The van der Waals surface area contributed by atoms with Crippen LogP contribution in [0.4, 0.5) is 5.82 Å². The summed E-state index contributed by atoms with van der Waals surface area (Å²) in [5.41, 5.74) is 0. The molecule has 1 heterocycles. The molecule has 2 N–H and O–H groups in total. The summed E-state index contributed by atoms with van der Waals surface area (Å²) >= 11 is 0. The van der Waals surface area contributed by atoms with E-state index in [0.29, 0.717) is 6.54 Å². The average molecular weight is 139 g/mol. The minimum Gasteiger partial charge on any atom is -0.363 e. The van der Waals surface area contributed by atoms with Gasteiger partial charge in [-0.25, -0.2) is 0 Å². The van der Waals surface area contributed by atoms with Gasteiger partial charge in [0.25, 0.3) is 0 Å². The topological polar surface area (TPSA) is 57.8 Å². The number of carbonyl (C=O) groups is 1. The summed E-state index contributed by atoms with van der Waals surface area (Å²) in [5, 5.41) is 9.24. The number of rotatable bonds is 3. The van der Waals surface area contributed by atoms with Gasteiger partial charge in [-0.05, 0) is 13.0 Å². The summed E-state index contributed by atoms with van der Waals surface area (Å²) in [6.45, 7) is 1.88. The van der Waals surface area contributed by atoms with Gasteiger partial charge in [-0.15, -0.1) is 0 Å². The largest absolute Gasteiger partial charge is 0.363 e. The second-order valence-electron chi connectivity index (χ2n) is 2.03. The third-order valence-electron chi connectivity index (χ3n) is 1.03. The Kier molecular flexibility index (Phi) is 2.04. The van der Waals surface area contributed by atoms with E-state index in [1.165, 1.54) is 6.92 Å². The number of hydrogen-bond donors (Lipinski definition) is 2. The summed E-state index contributed by atoms with van der Waals surface area (Å²) in [7, 11) is 0. The maximum absolute atomic E-state index is 10.4. The zero-order chi connectivity index (χ0) is 7.40. The zero-order valence-corrected chi connectivity index (χ0v) is 5.72. The van der Waals surface area contributed by atoms with E-state index in [-0.39, 0.29) is 5.78 Å². The van der Waals surface area contributed by atoms with Crippen molar-refractivity contribution in [3.63, 3.8) is 0 Å². The molecule has 0 aromatic carbocycles. The van der Waals surface area contributed by atoms with Gasteiger partial charge in [0.15, 0.2) is 0 Å². The van der Waals surface area contributed by atoms with E-state index < -0.39 is 0 Å². The van der Waals surface area contributed by atoms with Crippen LogP contribution in [0.2, 0.25) is 0 Å². The molecule has 0 bridgehead atoms. The first kappa shape index (κ1) is 6.80. The summed E-state index contributed by atoms with van der Waals surface area (Å²) in [6.07, 6.45) is 1.63. The Balaban J connectivity index is 2.35. The minimum absolute atomic E-state index is 0.106. The number of hydrogen-bond acceptors (Lipinski definition) is 3. The van der Waals surface area contributed by atoms with Crippen LogP contribution in [0.3, 0.4) is 0 Å². The van der Waals surface area contributed by atoms with E-state index in [1.807, 2.05) is 0 Å². The summed E-state index contributed by atoms with van der Waals surface area (Å²) in [4.78, 5) is 10.4. The van der Waals surface area contributed by atoms with E-state index in [2.05, 4.69) is 15.5 Å². The summed E-state index contributed by atoms with van der Waals surface area (Å²) in [6, 6.07) is 1.77. The molecular formula is C6H9N3O. The van der Waals surface area contributed by atoms with Crippen molar-refractivity contribution in [3.05, 3.63) is 12.3 Å². The third-order valence-corrected chi connectivity index (χ3v) is 1.03. The van der Waals surface area contributed by atoms with Crippen LogP contribution in [-0.2, 0) is 4.79 Å². The van der Waals surface area contributed by atoms with E-state index in [9.17, 15) is 4.79 Å². The van der Waals surface area contributed by atoms with E-state index in [0.717, 1.165) is 5.82 Å². The predicted octanol–water partition coefficient (Wildman–Crippen LogP) is 0.411. The Bertz CT molecular complexity index is 205. The summed E-state index contributed by atoms with van der Waals surface area (Å²) < 4.78 is 0. The van der Waals surface area contributed by atoms with Crippen molar-refractivity contribution < 1.29 is 4.79 Å². The third kappa shape index (κ3) is 1.89. The Hall–Kier alpha value is -1.32. The maximum atomic E-state index is 10.4. The quantitative estimate of drug-likeness (QED) is 0.637. The van der Waals surface area contributed by atoms with Gasteiger partial charge in [-0.3, -0.25) is 9.89 Å². The summed E-state index contributed by atoms with van der Waals surface area (Å²) in [5.74, 6) is 0.879. The number of carbonyl (C=O) groups excluding carboxylic acids is 1. The molecule has 54 valence electrons. The molecule has 0 unspecified atom stereocenters. The SMILES string of the molecule is CC(=O)CNc1ccn[nH]1. The second-order valence-corrected chi connectivity index (χ2v) is 2.03. The Morgan fingerprint density at radius 1 is 1.90 bits per heavy atom. The van der Waals surface area contributed by atoms with Crippen molar-refractivity contribution in [3.8, 4) is 0 Å². The Morgan fingerprint density at radius 2 is 2.70 bits per heavy atom. The van der Waals surface area contributed by atoms with Crippen molar-refractivity contribution in [2.75, 3.05) is 11.9 Å². The first-order chi connectivity index (χ1) is 4.79. The molecule has 4 heteroatoms. The van der Waals surface area contributed by atoms with Gasteiger partial charge < -0.3 is 5.32 Å². The first-order valence-corrected chi connectivity index (χ1v) is 3.02. The molecule has 0 fully saturated rings. The number of aromatic amines is 1. The molecule has 0 saturated carbocycles. The monoisotopic (exact) mass is 139 g/mol. The van der Waals surface area contributed by atoms with Crippen LogP contribution in [-0.4, -0.2) is 22.5 Å². The first-order valence-electron chi connectivity index (χ1n) is 3.02. The lowest BCUT2D eigenvalue weighted by atomic mass is 10.4. The van der Waals surface area contributed by atoms with Gasteiger partial charge in [0.2, 0.25) is 0 Å². The van der Waals surface area contributed by atoms with Crippen LogP contribution >= 0.6 is 0 Å². The highest BCUT2D eigenvalue weighted by Gasteiger charge is 1.92. The number of H-pyrrole nitrogens is 1. The van der Waals surface area contributed by atoms with Crippen LogP contribution < -0.4 is 5.32 Å². The fraction of sp³-hybridized carbons (Fsp3) is 0.333. The predicted molar refractivity (Wildman–Crippen MR) is 37.8 cm³/mol. The van der Waals surface area contributed by atoms with Crippen LogP contribution in [0.25, 0.3) is 0 Å². The molecule has 1 rings (SSSR count). The van der Waals surface area contributed by atoms with E-state index in [1.54, 1.807) is 12.3 Å². The molecule has 0 radical (unpaired) electrons. The van der Waals surface area contributed by atoms with Gasteiger partial charge in [0, 0.05) is 0 Å². The van der Waals surface area contributed by atoms with Gasteiger partial charge in [-0.2, -0.15) is 5.10 Å². The average Bonchev–Trinajstić information content (AvgIpc) is 2.34. The lowest BCUT2D eigenvalue weighted by Gasteiger charge is -1.96. The fourth-order valence-electron chi connectivity index (χ4n) is 0.574. The molecule has 0 amide bonds. The molecule has 1 aromatic heterocycles. The highest BCUT2D eigenvalue weighted by atomic mass is 16.1. The second kappa shape index (κ2) is 3.00. The molecule has 1 aromatic rings. The minimum atomic E-state index is 0.106. The normalized spacial score (nSPS) is 9.30. The van der Waals surface area contributed by atoms with Gasteiger partial charge in [0.05, 0.1) is 12.7 Å². The lowest BCUT2D eigenvalue weighted by molar-refractivity contribution is -0.115. The highest BCUT2D eigenvalue weighted by molar-refractivity contribution is 5.79. The van der Waals surface area contributed by atoms with Crippen molar-refractivity contribution in [1.82, 2.24) is 10.2 Å². The Morgan fingerprint density at radius 3 is 3.20 bits per heavy atom. The molecule has 4 nitrogen and oxygen atoms in total. The van der Waals surface area contributed by atoms with E-state index in [4.69, 9.17) is 0 Å². The van der Waals surface area contributed by atoms with Crippen LogP contribution in [0.5, 0.6) is 0 Å². The van der Waals surface area contributed by atoms with Crippen molar-refractivity contribution >= 4 is 11.6 Å². The molecule has 0 aliphatic rings. The number of anilines is 1. The van der Waals surface area contributed by atoms with Crippen molar-refractivity contribution in [2.24, 2.45) is 0 Å². The maximum Gasteiger partial charge on any atom is 0.148 e. The molecule has 0 aliphatic heterocycles. The standard InChI is InChI=1S/C6H9N3O/c1-5(10)4-7-6-2-3-8-9-6/h2-3H,4H2,1H3,(H2,7,8,9). The zero-order valence-electron chi connectivity index (χ0n) is 5.72. The van der Waals surface area contributed by atoms with Crippen LogP contribution in [0, 0.1) is 0 Å². The van der Waals surface area contributed by atoms with Gasteiger partial charge in [-0.1, -0.05) is 0 Å². The molecule has 0 aliphatic carbocycles. The molecule has 10 heavy (non-hydrogen) atoms. The van der Waals surface area contributed by atoms with Crippen molar-refractivity contribution in [1.29, 1.82) is 0 Å². The highest BCUT2D eigenvalue weighted by Crippen LogP contribution is 1.96. The molecule has 0 spiro atoms. The molecular weight excluding hydrogens is 130 g/mol. The number of aromatic nitrogens is 2. The number of nitrogens with zero attached hydrogens (tertiary/aromatic N) is 1. The van der Waals surface area contributed by atoms with Gasteiger partial charge in [0.1, 0.15) is 11.6 Å². The number of Topliss-reactive ketones (excluding diaryl/α,β-unsaturated/α-hetero) is 1. The Labute approximate surface area is 58.6 Å². The lowest BCUT2D eigenvalue weighted by Crippen LogP contribution is -2.09. The van der Waals surface area contributed by atoms with Gasteiger partial charge >= 0.3 is 0 Å². The van der Waals surface area contributed by atoms with Crippen LogP contribution in [0.15, 0.2) is 12.3 Å². The van der Waals surface area contributed by atoms with Crippen molar-refractivity contribution in [2.45, 2.75) is 6.92 Å². The smallest absolute Gasteiger partial charge is 0.148 e. The number of nitrogens with one attached hydrogen (secondary N) is 2.